The predicted octanol–water partition coefficient (Wildman–Crippen LogP) is 4.36. The lowest BCUT2D eigenvalue weighted by Gasteiger charge is -2.10. The highest BCUT2D eigenvalue weighted by atomic mass is 16.7. The molecule has 0 fully saturated rings. The van der Waals surface area contributed by atoms with Gasteiger partial charge in [0.15, 0.2) is 0 Å². The van der Waals surface area contributed by atoms with Crippen LogP contribution in [0.25, 0.3) is 0 Å². The van der Waals surface area contributed by atoms with E-state index in [2.05, 4.69) is 10.9 Å². The highest BCUT2D eigenvalue weighted by Crippen LogP contribution is 2.18. The first kappa shape index (κ1) is 24.7. The van der Waals surface area contributed by atoms with E-state index >= 15 is 0 Å². The second-order valence-corrected chi connectivity index (χ2v) is 7.38. The summed E-state index contributed by atoms with van der Waals surface area (Å²) >= 11 is 0. The molecule has 0 aromatic heterocycles. The fraction of sp³-hybridized carbons (Fsp3) is 0.125. The number of amides is 2. The minimum absolute atomic E-state index is 0.0972. The molecule has 2 amide bonds. The van der Waals surface area contributed by atoms with Crippen LogP contribution in [0.5, 0.6) is 11.5 Å². The van der Waals surface area contributed by atoms with Gasteiger partial charge in [-0.15, -0.1) is 0 Å². The van der Waals surface area contributed by atoms with Gasteiger partial charge in [-0.25, -0.2) is 15.0 Å². The maximum atomic E-state index is 12.2. The Morgan fingerprint density at radius 1 is 0.829 bits per heavy atom. The Hall–Kier alpha value is -4.93. The Morgan fingerprint density at radius 3 is 2.00 bits per heavy atom. The van der Waals surface area contributed by atoms with Gasteiger partial charge in [0.05, 0.1) is 4.92 Å². The van der Waals surface area contributed by atoms with Crippen LogP contribution in [0.15, 0.2) is 66.7 Å². The number of aryl methyl sites for hydroxylation is 2. The highest BCUT2D eigenvalue weighted by Gasteiger charge is 2.11. The molecule has 3 aromatic rings. The van der Waals surface area contributed by atoms with Crippen molar-refractivity contribution >= 4 is 23.8 Å². The van der Waals surface area contributed by atoms with E-state index in [0.29, 0.717) is 11.1 Å². The molecule has 0 radical (unpaired) electrons. The molecule has 0 aliphatic carbocycles. The molecule has 180 valence electrons. The number of nitrogens with one attached hydrogen (secondary N) is 2. The number of ether oxygens (including phenoxy) is 3. The van der Waals surface area contributed by atoms with E-state index in [1.807, 2.05) is 19.9 Å². The monoisotopic (exact) mass is 479 g/mol. The van der Waals surface area contributed by atoms with E-state index < -0.39 is 23.1 Å². The van der Waals surface area contributed by atoms with Crippen molar-refractivity contribution in [3.8, 4) is 11.5 Å². The summed E-state index contributed by atoms with van der Waals surface area (Å²) in [6.07, 6.45) is -1.88. The third-order valence-electron chi connectivity index (χ3n) is 4.50. The Morgan fingerprint density at radius 2 is 1.40 bits per heavy atom. The summed E-state index contributed by atoms with van der Waals surface area (Å²) in [4.78, 5) is 46.0. The normalized spacial score (nSPS) is 10.1. The molecular formula is C24H21N3O8. The third kappa shape index (κ3) is 7.56. The van der Waals surface area contributed by atoms with Crippen LogP contribution in [0, 0.1) is 24.0 Å². The van der Waals surface area contributed by atoms with Gasteiger partial charge in [-0.2, -0.15) is 0 Å². The highest BCUT2D eigenvalue weighted by molar-refractivity contribution is 5.95. The molecular weight excluding hydrogens is 458 g/mol. The van der Waals surface area contributed by atoms with Crippen LogP contribution < -0.4 is 20.3 Å². The fourth-order valence-corrected chi connectivity index (χ4v) is 2.98. The number of non-ortho nitro benzene ring substituents is 1. The lowest BCUT2D eigenvalue weighted by Crippen LogP contribution is -2.43. The van der Waals surface area contributed by atoms with E-state index in [0.717, 1.165) is 11.1 Å². The number of nitro groups is 1. The topological polar surface area (TPSA) is 146 Å². The minimum atomic E-state index is -0.988. The number of hydrazine groups is 1. The quantitative estimate of drug-likeness (QED) is 0.229. The molecule has 0 bridgehead atoms. The Kier molecular flexibility index (Phi) is 7.96. The molecule has 35 heavy (non-hydrogen) atoms. The zero-order valence-corrected chi connectivity index (χ0v) is 18.8. The van der Waals surface area contributed by atoms with Gasteiger partial charge >= 0.3 is 12.2 Å². The van der Waals surface area contributed by atoms with Crippen LogP contribution in [0.2, 0.25) is 0 Å². The largest absolute Gasteiger partial charge is 0.514 e. The van der Waals surface area contributed by atoms with Crippen LogP contribution in [-0.2, 0) is 11.3 Å². The Bertz CT molecular complexity index is 1220. The lowest BCUT2D eigenvalue weighted by molar-refractivity contribution is -0.384. The van der Waals surface area contributed by atoms with Crippen LogP contribution in [0.3, 0.4) is 0 Å². The van der Waals surface area contributed by atoms with Crippen molar-refractivity contribution in [2.75, 3.05) is 0 Å². The zero-order chi connectivity index (χ0) is 25.4. The molecule has 0 heterocycles. The second-order valence-electron chi connectivity index (χ2n) is 7.38. The zero-order valence-electron chi connectivity index (χ0n) is 18.8. The molecule has 3 aromatic carbocycles. The van der Waals surface area contributed by atoms with Crippen molar-refractivity contribution in [1.82, 2.24) is 10.9 Å². The van der Waals surface area contributed by atoms with Crippen LogP contribution in [0.4, 0.5) is 15.3 Å². The fourth-order valence-electron chi connectivity index (χ4n) is 2.98. The van der Waals surface area contributed by atoms with E-state index in [9.17, 15) is 24.5 Å². The first-order valence-electron chi connectivity index (χ1n) is 10.2. The summed E-state index contributed by atoms with van der Waals surface area (Å²) in [7, 11) is 0. The standard InChI is InChI=1S/C24H21N3O8/c1-15-11-16(2)13-18(12-15)22(28)25-26-23(29)34-20-7-3-17(4-8-20)14-33-24(30)35-21-9-5-19(6-10-21)27(31)32/h3-13H,14H2,1-2H3,(H,25,28)(H,26,29). The maximum absolute atomic E-state index is 12.2. The number of carbonyl (C=O) groups is 3. The van der Waals surface area contributed by atoms with Crippen molar-refractivity contribution in [2.45, 2.75) is 20.5 Å². The Labute approximate surface area is 199 Å². The summed E-state index contributed by atoms with van der Waals surface area (Å²) < 4.78 is 15.0. The van der Waals surface area contributed by atoms with Crippen molar-refractivity contribution in [2.24, 2.45) is 0 Å². The van der Waals surface area contributed by atoms with Crippen molar-refractivity contribution in [1.29, 1.82) is 0 Å². The van der Waals surface area contributed by atoms with Gasteiger partial charge in [0.25, 0.3) is 11.6 Å². The summed E-state index contributed by atoms with van der Waals surface area (Å²) in [5.41, 5.74) is 7.14. The average molecular weight is 479 g/mol. The van der Waals surface area contributed by atoms with E-state index in [4.69, 9.17) is 14.2 Å². The van der Waals surface area contributed by atoms with Crippen molar-refractivity contribution in [3.63, 3.8) is 0 Å². The van der Waals surface area contributed by atoms with Crippen LogP contribution >= 0.6 is 0 Å². The van der Waals surface area contributed by atoms with Crippen LogP contribution in [-0.4, -0.2) is 23.1 Å². The molecule has 0 spiro atoms. The van der Waals surface area contributed by atoms with Gasteiger partial charge < -0.3 is 14.2 Å². The van der Waals surface area contributed by atoms with Gasteiger partial charge in [0, 0.05) is 17.7 Å². The smallest absolute Gasteiger partial charge is 0.429 e. The van der Waals surface area contributed by atoms with Gasteiger partial charge in [-0.05, 0) is 55.8 Å². The van der Waals surface area contributed by atoms with E-state index in [1.165, 1.54) is 36.4 Å². The number of carbonyl (C=O) groups excluding carboxylic acids is 3. The molecule has 3 rings (SSSR count). The van der Waals surface area contributed by atoms with E-state index in [1.54, 1.807) is 24.3 Å². The number of hydrogen-bond donors (Lipinski definition) is 2. The first-order valence-corrected chi connectivity index (χ1v) is 10.2. The molecule has 0 atom stereocenters. The number of benzene rings is 3. The third-order valence-corrected chi connectivity index (χ3v) is 4.50. The van der Waals surface area contributed by atoms with Crippen LogP contribution in [0.1, 0.15) is 27.0 Å². The summed E-state index contributed by atoms with van der Waals surface area (Å²) in [6.45, 7) is 3.61. The van der Waals surface area contributed by atoms with E-state index in [-0.39, 0.29) is 23.8 Å². The molecule has 0 saturated carbocycles. The average Bonchev–Trinajstić information content (AvgIpc) is 2.82. The lowest BCUT2D eigenvalue weighted by atomic mass is 10.1. The van der Waals surface area contributed by atoms with Crippen molar-refractivity contribution in [3.05, 3.63) is 99.1 Å². The van der Waals surface area contributed by atoms with Crippen molar-refractivity contribution < 1.29 is 33.5 Å². The SMILES string of the molecule is Cc1cc(C)cc(C(=O)NNC(=O)Oc2ccc(COC(=O)Oc3ccc([N+](=O)[O-])cc3)cc2)c1. The molecule has 2 N–H and O–H groups in total. The second kappa shape index (κ2) is 11.3. The predicted molar refractivity (Wildman–Crippen MR) is 123 cm³/mol. The van der Waals surface area contributed by atoms with Gasteiger partial charge in [0.1, 0.15) is 18.1 Å². The molecule has 0 aliphatic rings. The summed E-state index contributed by atoms with van der Waals surface area (Å²) in [5, 5.41) is 10.6. The van der Waals surface area contributed by atoms with Gasteiger partial charge in [0.2, 0.25) is 0 Å². The maximum Gasteiger partial charge on any atom is 0.514 e. The first-order chi connectivity index (χ1) is 16.7. The number of nitrogens with zero attached hydrogens (tertiary/aromatic N) is 1. The molecule has 0 aliphatic heterocycles. The van der Waals surface area contributed by atoms with Gasteiger partial charge in [-0.3, -0.25) is 20.3 Å². The summed E-state index contributed by atoms with van der Waals surface area (Å²) in [6, 6.07) is 16.4. The summed E-state index contributed by atoms with van der Waals surface area (Å²) in [5.74, 6) is -0.192. The Balaban J connectivity index is 1.42. The number of rotatable bonds is 6. The van der Waals surface area contributed by atoms with Gasteiger partial charge in [-0.1, -0.05) is 29.3 Å². The molecule has 0 saturated heterocycles. The minimum Gasteiger partial charge on any atom is -0.429 e. The molecule has 0 unspecified atom stereocenters. The number of hydrogen-bond acceptors (Lipinski definition) is 8. The molecule has 11 nitrogen and oxygen atoms in total. The number of nitro benzene ring substituents is 1. The molecule has 11 heteroatoms.